The average molecular weight is 588 g/mol. The molecule has 37 heavy (non-hydrogen) atoms. The van der Waals surface area contributed by atoms with Crippen molar-refractivity contribution in [1.82, 2.24) is 9.88 Å². The van der Waals surface area contributed by atoms with Gasteiger partial charge < -0.3 is 4.74 Å². The first-order chi connectivity index (χ1) is 17.0. The van der Waals surface area contributed by atoms with Crippen LogP contribution in [-0.4, -0.2) is 84.0 Å². The minimum atomic E-state index is -3.63. The van der Waals surface area contributed by atoms with Crippen molar-refractivity contribution in [3.8, 4) is 0 Å². The summed E-state index contributed by atoms with van der Waals surface area (Å²) in [6.45, 7) is 5.55. The van der Waals surface area contributed by atoms with Crippen molar-refractivity contribution in [3.05, 3.63) is 48.0 Å². The monoisotopic (exact) mass is 587 g/mol. The lowest BCUT2D eigenvalue weighted by Crippen LogP contribution is -2.43. The van der Waals surface area contributed by atoms with Gasteiger partial charge in [-0.25, -0.2) is 21.8 Å². The molecule has 1 aliphatic rings. The molecule has 4 rings (SSSR count). The molecule has 1 aromatic heterocycles. The Bertz CT molecular complexity index is 1450. The number of ether oxygens (including phenoxy) is 1. The van der Waals surface area contributed by atoms with E-state index < -0.39 is 19.7 Å². The largest absolute Gasteiger partial charge is 0.379 e. The fraction of sp³-hybridized carbons (Fsp3) is 0.417. The first-order valence-corrected chi connectivity index (χ1v) is 15.9. The third-order valence-corrected chi connectivity index (χ3v) is 9.90. The molecule has 9 nitrogen and oxygen atoms in total. The predicted molar refractivity (Wildman–Crippen MR) is 147 cm³/mol. The first kappa shape index (κ1) is 29.5. The van der Waals surface area contributed by atoms with Gasteiger partial charge in [0, 0.05) is 38.9 Å². The number of carbonyl (C=O) groups excluding carboxylic acids is 1. The number of hydrogen-bond donors (Lipinski definition) is 0. The molecule has 1 fully saturated rings. The zero-order valence-electron chi connectivity index (χ0n) is 20.6. The van der Waals surface area contributed by atoms with Gasteiger partial charge >= 0.3 is 0 Å². The van der Waals surface area contributed by atoms with E-state index in [1.165, 1.54) is 22.3 Å². The van der Waals surface area contributed by atoms with Crippen molar-refractivity contribution in [2.75, 3.05) is 56.3 Å². The van der Waals surface area contributed by atoms with Crippen LogP contribution in [0.4, 0.5) is 5.13 Å². The van der Waals surface area contributed by atoms with Crippen molar-refractivity contribution >= 4 is 64.7 Å². The van der Waals surface area contributed by atoms with E-state index in [2.05, 4.69) is 9.88 Å². The topological polar surface area (TPSA) is 114 Å². The Morgan fingerprint density at radius 1 is 1.05 bits per heavy atom. The number of fused-ring (bicyclic) bond motifs is 1. The summed E-state index contributed by atoms with van der Waals surface area (Å²) in [4.78, 5) is 22.0. The quantitative estimate of drug-likeness (QED) is 0.375. The number of benzene rings is 2. The van der Waals surface area contributed by atoms with E-state index in [9.17, 15) is 21.6 Å². The fourth-order valence-corrected chi connectivity index (χ4v) is 6.85. The standard InChI is InChI=1S/C24H29N3O6S3.ClH/c1-18-3-5-19(6-4-18)36(31,32)16-9-23(28)27(11-10-26-12-14-33-15-13-26)24-25-21-8-7-20(35(2,29)30)17-22(21)34-24;/h3-8,17H,9-16H2,1-2H3;1H. The zero-order chi connectivity index (χ0) is 25.9. The number of morpholine rings is 1. The van der Waals surface area contributed by atoms with Gasteiger partial charge in [0.15, 0.2) is 24.8 Å². The van der Waals surface area contributed by atoms with Crippen molar-refractivity contribution in [1.29, 1.82) is 0 Å². The van der Waals surface area contributed by atoms with Crippen molar-refractivity contribution in [2.24, 2.45) is 0 Å². The van der Waals surface area contributed by atoms with Crippen molar-refractivity contribution < 1.29 is 26.4 Å². The molecule has 13 heteroatoms. The van der Waals surface area contributed by atoms with Crippen LogP contribution in [0.5, 0.6) is 0 Å². The van der Waals surface area contributed by atoms with E-state index in [4.69, 9.17) is 4.74 Å². The number of sulfone groups is 2. The lowest BCUT2D eigenvalue weighted by Gasteiger charge is -2.29. The van der Waals surface area contributed by atoms with Crippen LogP contribution >= 0.6 is 23.7 Å². The maximum atomic E-state index is 13.3. The summed E-state index contributed by atoms with van der Waals surface area (Å²) in [5.74, 6) is -0.659. The highest BCUT2D eigenvalue weighted by Crippen LogP contribution is 2.31. The van der Waals surface area contributed by atoms with Crippen LogP contribution in [0, 0.1) is 6.92 Å². The molecule has 2 heterocycles. The van der Waals surface area contributed by atoms with E-state index in [1.54, 1.807) is 36.4 Å². The van der Waals surface area contributed by atoms with E-state index in [0.717, 1.165) is 24.9 Å². The van der Waals surface area contributed by atoms with Gasteiger partial charge in [-0.15, -0.1) is 12.4 Å². The van der Waals surface area contributed by atoms with Gasteiger partial charge in [0.2, 0.25) is 5.91 Å². The van der Waals surface area contributed by atoms with Crippen LogP contribution < -0.4 is 4.90 Å². The van der Waals surface area contributed by atoms with Crippen LogP contribution in [0.3, 0.4) is 0 Å². The third-order valence-electron chi connectivity index (χ3n) is 6.02. The van der Waals surface area contributed by atoms with E-state index in [1.807, 2.05) is 6.92 Å². The number of anilines is 1. The second-order valence-corrected chi connectivity index (χ2v) is 13.9. The Hall–Kier alpha value is -2.09. The maximum absolute atomic E-state index is 13.3. The summed E-state index contributed by atoms with van der Waals surface area (Å²) in [6, 6.07) is 11.2. The van der Waals surface area contributed by atoms with Gasteiger partial charge in [-0.1, -0.05) is 29.0 Å². The van der Waals surface area contributed by atoms with E-state index >= 15 is 0 Å². The molecular formula is C24H30ClN3O6S3. The second kappa shape index (κ2) is 12.2. The van der Waals surface area contributed by atoms with Crippen molar-refractivity contribution in [3.63, 3.8) is 0 Å². The van der Waals surface area contributed by atoms with Crippen LogP contribution in [0.1, 0.15) is 12.0 Å². The first-order valence-electron chi connectivity index (χ1n) is 11.5. The molecule has 0 unspecified atom stereocenters. The lowest BCUT2D eigenvalue weighted by atomic mass is 10.2. The Balaban J connectivity index is 0.00000380. The number of halogens is 1. The minimum absolute atomic E-state index is 0. The van der Waals surface area contributed by atoms with Gasteiger partial charge in [0.1, 0.15) is 0 Å². The summed E-state index contributed by atoms with van der Waals surface area (Å²) in [5, 5.41) is 0.418. The maximum Gasteiger partial charge on any atom is 0.229 e. The van der Waals surface area contributed by atoms with Gasteiger partial charge in [0.25, 0.3) is 0 Å². The Kier molecular flexibility index (Phi) is 9.70. The molecule has 0 bridgehead atoms. The number of amides is 1. The van der Waals surface area contributed by atoms with Crippen molar-refractivity contribution in [2.45, 2.75) is 23.1 Å². The zero-order valence-corrected chi connectivity index (χ0v) is 23.9. The number of aromatic nitrogens is 1. The highest BCUT2D eigenvalue weighted by atomic mass is 35.5. The molecule has 0 atom stereocenters. The number of nitrogens with zero attached hydrogens (tertiary/aromatic N) is 3. The molecule has 3 aromatic rings. The van der Waals surface area contributed by atoms with E-state index in [0.29, 0.717) is 41.7 Å². The smallest absolute Gasteiger partial charge is 0.229 e. The Morgan fingerprint density at radius 3 is 2.35 bits per heavy atom. The second-order valence-electron chi connectivity index (χ2n) is 8.78. The van der Waals surface area contributed by atoms with Crippen LogP contribution in [-0.2, 0) is 29.2 Å². The van der Waals surface area contributed by atoms with Crippen LogP contribution in [0.15, 0.2) is 52.3 Å². The molecule has 0 radical (unpaired) electrons. The molecule has 0 aliphatic carbocycles. The van der Waals surface area contributed by atoms with Gasteiger partial charge in [-0.3, -0.25) is 14.6 Å². The van der Waals surface area contributed by atoms with Crippen LogP contribution in [0.2, 0.25) is 0 Å². The summed E-state index contributed by atoms with van der Waals surface area (Å²) < 4.78 is 55.6. The molecule has 2 aromatic carbocycles. The number of aryl methyl sites for hydroxylation is 1. The molecule has 1 aliphatic heterocycles. The minimum Gasteiger partial charge on any atom is -0.379 e. The Morgan fingerprint density at radius 2 is 1.70 bits per heavy atom. The SMILES string of the molecule is Cc1ccc(S(=O)(=O)CCC(=O)N(CCN2CCOCC2)c2nc3ccc(S(C)(=O)=O)cc3s2)cc1.Cl. The summed E-state index contributed by atoms with van der Waals surface area (Å²) in [6.07, 6.45) is 0.951. The summed E-state index contributed by atoms with van der Waals surface area (Å²) in [7, 11) is -7.02. The van der Waals surface area contributed by atoms with E-state index in [-0.39, 0.29) is 40.3 Å². The highest BCUT2D eigenvalue weighted by Gasteiger charge is 2.24. The highest BCUT2D eigenvalue weighted by molar-refractivity contribution is 7.91. The average Bonchev–Trinajstić information content (AvgIpc) is 3.26. The molecule has 0 N–H and O–H groups in total. The number of thiazole rings is 1. The van der Waals surface area contributed by atoms with Gasteiger partial charge in [-0.2, -0.15) is 0 Å². The van der Waals surface area contributed by atoms with Gasteiger partial charge in [0.05, 0.1) is 39.0 Å². The summed E-state index contributed by atoms with van der Waals surface area (Å²) in [5.41, 5.74) is 1.54. The number of hydrogen-bond acceptors (Lipinski definition) is 9. The Labute approximate surface area is 227 Å². The molecule has 1 saturated heterocycles. The summed E-state index contributed by atoms with van der Waals surface area (Å²) >= 11 is 1.22. The third kappa shape index (κ3) is 7.49. The number of carbonyl (C=O) groups is 1. The molecular weight excluding hydrogens is 558 g/mol. The fourth-order valence-electron chi connectivity index (χ4n) is 3.85. The van der Waals surface area contributed by atoms with Crippen LogP contribution in [0.25, 0.3) is 10.2 Å². The lowest BCUT2D eigenvalue weighted by molar-refractivity contribution is -0.118. The molecule has 1 amide bonds. The molecule has 0 saturated carbocycles. The van der Waals surface area contributed by atoms with Gasteiger partial charge in [-0.05, 0) is 37.3 Å². The normalized spacial score (nSPS) is 14.9. The molecule has 0 spiro atoms. The molecule has 202 valence electrons. The number of rotatable bonds is 9. The predicted octanol–water partition coefficient (Wildman–Crippen LogP) is 2.96.